The van der Waals surface area contributed by atoms with Crippen molar-refractivity contribution in [2.75, 3.05) is 11.9 Å². The molecule has 3 aromatic rings. The lowest BCUT2D eigenvalue weighted by atomic mass is 10.0. The molecule has 0 aromatic heterocycles. The average molecular weight is 359 g/mol. The third kappa shape index (κ3) is 4.42. The van der Waals surface area contributed by atoms with Gasteiger partial charge < -0.3 is 9.64 Å². The zero-order valence-corrected chi connectivity index (χ0v) is 15.3. The van der Waals surface area contributed by atoms with Crippen LogP contribution in [0.1, 0.15) is 22.8 Å². The van der Waals surface area contributed by atoms with Gasteiger partial charge in [0.1, 0.15) is 5.75 Å². The van der Waals surface area contributed by atoms with Crippen LogP contribution in [-0.2, 0) is 4.79 Å². The molecule has 1 atom stereocenters. The fourth-order valence-corrected chi connectivity index (χ4v) is 2.75. The van der Waals surface area contributed by atoms with E-state index in [9.17, 15) is 9.59 Å². The Balaban J connectivity index is 1.65. The fraction of sp³-hybridized carbons (Fsp3) is 0.130. The third-order valence-corrected chi connectivity index (χ3v) is 4.29. The van der Waals surface area contributed by atoms with E-state index in [0.717, 1.165) is 5.69 Å². The fourth-order valence-electron chi connectivity index (χ4n) is 2.75. The second kappa shape index (κ2) is 8.32. The molecule has 1 unspecified atom stereocenters. The molecule has 0 fully saturated rings. The zero-order chi connectivity index (χ0) is 19.2. The summed E-state index contributed by atoms with van der Waals surface area (Å²) in [5.41, 5.74) is 2.02. The number of rotatable bonds is 6. The maximum atomic E-state index is 12.6. The molecule has 0 heterocycles. The molecule has 0 aliphatic carbocycles. The number of ketones is 1. The van der Waals surface area contributed by atoms with Crippen molar-refractivity contribution in [2.24, 2.45) is 0 Å². The van der Waals surface area contributed by atoms with Gasteiger partial charge in [-0.05, 0) is 43.3 Å². The van der Waals surface area contributed by atoms with Crippen LogP contribution in [0.4, 0.5) is 5.69 Å². The number of nitrogens with zero attached hydrogens (tertiary/aromatic N) is 1. The van der Waals surface area contributed by atoms with Crippen LogP contribution in [0.2, 0.25) is 0 Å². The standard InChI is InChI=1S/C23H21NO3/c1-17(23(26)24(2)20-11-7-4-8-12-20)27-21-15-13-19(14-16-21)22(25)18-9-5-3-6-10-18/h3-17H,1-2H3. The van der Waals surface area contributed by atoms with Crippen molar-refractivity contribution in [3.05, 3.63) is 96.1 Å². The van der Waals surface area contributed by atoms with Crippen LogP contribution in [-0.4, -0.2) is 24.8 Å². The van der Waals surface area contributed by atoms with E-state index < -0.39 is 6.10 Å². The molecule has 0 bridgehead atoms. The molecule has 136 valence electrons. The monoisotopic (exact) mass is 359 g/mol. The van der Waals surface area contributed by atoms with Crippen molar-refractivity contribution >= 4 is 17.4 Å². The van der Waals surface area contributed by atoms with Gasteiger partial charge in [0, 0.05) is 23.9 Å². The highest BCUT2D eigenvalue weighted by Gasteiger charge is 2.20. The Kier molecular flexibility index (Phi) is 5.67. The summed E-state index contributed by atoms with van der Waals surface area (Å²) >= 11 is 0. The van der Waals surface area contributed by atoms with E-state index in [1.807, 2.05) is 48.5 Å². The number of hydrogen-bond donors (Lipinski definition) is 0. The minimum absolute atomic E-state index is 0.0462. The Hall–Kier alpha value is -3.40. The predicted molar refractivity (Wildman–Crippen MR) is 106 cm³/mol. The van der Waals surface area contributed by atoms with Crippen LogP contribution in [0.5, 0.6) is 5.75 Å². The van der Waals surface area contributed by atoms with Crippen molar-refractivity contribution in [1.82, 2.24) is 0 Å². The summed E-state index contributed by atoms with van der Waals surface area (Å²) in [6.45, 7) is 1.71. The maximum Gasteiger partial charge on any atom is 0.267 e. The van der Waals surface area contributed by atoms with E-state index in [-0.39, 0.29) is 11.7 Å². The number of para-hydroxylation sites is 1. The summed E-state index contributed by atoms with van der Waals surface area (Å²) in [5, 5.41) is 0. The van der Waals surface area contributed by atoms with Crippen LogP contribution in [0.15, 0.2) is 84.9 Å². The summed E-state index contributed by atoms with van der Waals surface area (Å²) < 4.78 is 5.76. The second-order valence-corrected chi connectivity index (χ2v) is 6.21. The number of carbonyl (C=O) groups is 2. The van der Waals surface area contributed by atoms with Gasteiger partial charge in [-0.25, -0.2) is 0 Å². The lowest BCUT2D eigenvalue weighted by Crippen LogP contribution is -2.37. The van der Waals surface area contributed by atoms with Crippen LogP contribution in [0.3, 0.4) is 0 Å². The van der Waals surface area contributed by atoms with E-state index in [4.69, 9.17) is 4.74 Å². The summed E-state index contributed by atoms with van der Waals surface area (Å²) in [6.07, 6.45) is -0.647. The maximum absolute atomic E-state index is 12.6. The first kappa shape index (κ1) is 18.4. The number of carbonyl (C=O) groups excluding carboxylic acids is 2. The third-order valence-electron chi connectivity index (χ3n) is 4.29. The molecule has 0 N–H and O–H groups in total. The Morgan fingerprint density at radius 2 is 1.30 bits per heavy atom. The van der Waals surface area contributed by atoms with Crippen LogP contribution >= 0.6 is 0 Å². The molecule has 0 saturated carbocycles. The van der Waals surface area contributed by atoms with Crippen molar-refractivity contribution in [3.8, 4) is 5.75 Å². The lowest BCUT2D eigenvalue weighted by molar-refractivity contribution is -0.124. The highest BCUT2D eigenvalue weighted by atomic mass is 16.5. The Labute approximate surface area is 159 Å². The van der Waals surface area contributed by atoms with E-state index in [2.05, 4.69) is 0 Å². The van der Waals surface area contributed by atoms with E-state index in [1.165, 1.54) is 0 Å². The van der Waals surface area contributed by atoms with Gasteiger partial charge in [0.2, 0.25) is 0 Å². The van der Waals surface area contributed by atoms with Gasteiger partial charge in [-0.2, -0.15) is 0 Å². The molecule has 0 aliphatic rings. The number of ether oxygens (including phenoxy) is 1. The van der Waals surface area contributed by atoms with Gasteiger partial charge in [0.15, 0.2) is 11.9 Å². The van der Waals surface area contributed by atoms with E-state index in [0.29, 0.717) is 16.9 Å². The van der Waals surface area contributed by atoms with E-state index >= 15 is 0 Å². The van der Waals surface area contributed by atoms with Crippen molar-refractivity contribution in [3.63, 3.8) is 0 Å². The number of hydrogen-bond acceptors (Lipinski definition) is 3. The number of anilines is 1. The molecule has 4 heteroatoms. The normalized spacial score (nSPS) is 11.5. The van der Waals surface area contributed by atoms with Crippen LogP contribution in [0, 0.1) is 0 Å². The molecule has 0 radical (unpaired) electrons. The number of likely N-dealkylation sites (N-methyl/N-ethyl adjacent to an activating group) is 1. The molecular formula is C23H21NO3. The van der Waals surface area contributed by atoms with E-state index in [1.54, 1.807) is 55.3 Å². The topological polar surface area (TPSA) is 46.6 Å². The molecule has 4 nitrogen and oxygen atoms in total. The minimum atomic E-state index is -0.647. The van der Waals surface area contributed by atoms with Gasteiger partial charge in [-0.1, -0.05) is 48.5 Å². The molecule has 0 spiro atoms. The Bertz CT molecular complexity index is 905. The molecule has 3 aromatic carbocycles. The summed E-state index contributed by atoms with van der Waals surface area (Å²) in [5.74, 6) is 0.350. The Morgan fingerprint density at radius 1 is 0.778 bits per heavy atom. The van der Waals surface area contributed by atoms with Gasteiger partial charge in [0.05, 0.1) is 0 Å². The number of benzene rings is 3. The molecule has 0 saturated heterocycles. The average Bonchev–Trinajstić information content (AvgIpc) is 2.74. The highest BCUT2D eigenvalue weighted by molar-refractivity contribution is 6.09. The molecule has 27 heavy (non-hydrogen) atoms. The summed E-state index contributed by atoms with van der Waals surface area (Å²) in [6, 6.07) is 25.4. The van der Waals surface area contributed by atoms with Gasteiger partial charge >= 0.3 is 0 Å². The van der Waals surface area contributed by atoms with Crippen LogP contribution < -0.4 is 9.64 Å². The highest BCUT2D eigenvalue weighted by Crippen LogP contribution is 2.18. The molecule has 1 amide bonds. The first-order valence-electron chi connectivity index (χ1n) is 8.75. The molecule has 3 rings (SSSR count). The largest absolute Gasteiger partial charge is 0.481 e. The van der Waals surface area contributed by atoms with Crippen molar-refractivity contribution in [1.29, 1.82) is 0 Å². The quantitative estimate of drug-likeness (QED) is 0.615. The zero-order valence-electron chi connectivity index (χ0n) is 15.3. The SMILES string of the molecule is CC(Oc1ccc(C(=O)c2ccccc2)cc1)C(=O)N(C)c1ccccc1. The first-order valence-corrected chi connectivity index (χ1v) is 8.75. The molecule has 0 aliphatic heterocycles. The summed E-state index contributed by atoms with van der Waals surface area (Å²) in [4.78, 5) is 26.6. The smallest absolute Gasteiger partial charge is 0.267 e. The van der Waals surface area contributed by atoms with Gasteiger partial charge in [-0.15, -0.1) is 0 Å². The van der Waals surface area contributed by atoms with Crippen LogP contribution in [0.25, 0.3) is 0 Å². The molecular weight excluding hydrogens is 338 g/mol. The summed E-state index contributed by atoms with van der Waals surface area (Å²) in [7, 11) is 1.72. The predicted octanol–water partition coefficient (Wildman–Crippen LogP) is 4.35. The second-order valence-electron chi connectivity index (χ2n) is 6.21. The van der Waals surface area contributed by atoms with Crippen molar-refractivity contribution < 1.29 is 14.3 Å². The van der Waals surface area contributed by atoms with Gasteiger partial charge in [0.25, 0.3) is 5.91 Å². The minimum Gasteiger partial charge on any atom is -0.481 e. The van der Waals surface area contributed by atoms with Gasteiger partial charge in [-0.3, -0.25) is 9.59 Å². The Morgan fingerprint density at radius 3 is 1.89 bits per heavy atom. The lowest BCUT2D eigenvalue weighted by Gasteiger charge is -2.22. The van der Waals surface area contributed by atoms with Crippen molar-refractivity contribution in [2.45, 2.75) is 13.0 Å². The number of amides is 1. The first-order chi connectivity index (χ1) is 13.1.